The quantitative estimate of drug-likeness (QED) is 0.785. The van der Waals surface area contributed by atoms with Crippen LogP contribution in [0.4, 0.5) is 0 Å². The molecule has 9 heteroatoms. The van der Waals surface area contributed by atoms with Gasteiger partial charge in [0.05, 0.1) is 13.1 Å². The van der Waals surface area contributed by atoms with Crippen molar-refractivity contribution in [2.24, 2.45) is 7.05 Å². The minimum absolute atomic E-state index is 0.0838. The van der Waals surface area contributed by atoms with Gasteiger partial charge in [0.25, 0.3) is 5.91 Å². The van der Waals surface area contributed by atoms with Crippen LogP contribution >= 0.6 is 0 Å². The zero-order valence-corrected chi connectivity index (χ0v) is 14.6. The van der Waals surface area contributed by atoms with Crippen molar-refractivity contribution in [2.45, 2.75) is 44.9 Å². The molecule has 9 nitrogen and oxygen atoms in total. The first-order valence-electron chi connectivity index (χ1n) is 8.39. The second-order valence-corrected chi connectivity index (χ2v) is 7.08. The van der Waals surface area contributed by atoms with Crippen molar-refractivity contribution >= 4 is 5.91 Å². The fourth-order valence-electron chi connectivity index (χ4n) is 3.61. The molecule has 1 spiro atoms. The minimum Gasteiger partial charge on any atom is -0.447 e. The first kappa shape index (κ1) is 16.1. The molecule has 1 fully saturated rings. The Kier molecular flexibility index (Phi) is 3.57. The van der Waals surface area contributed by atoms with Gasteiger partial charge in [0.2, 0.25) is 0 Å². The summed E-state index contributed by atoms with van der Waals surface area (Å²) in [6, 6.07) is 0. The van der Waals surface area contributed by atoms with E-state index in [-0.39, 0.29) is 24.1 Å². The van der Waals surface area contributed by atoms with Gasteiger partial charge < -0.3 is 14.1 Å². The van der Waals surface area contributed by atoms with Crippen LogP contribution in [0, 0.1) is 0 Å². The van der Waals surface area contributed by atoms with Crippen LogP contribution in [0.3, 0.4) is 0 Å². The van der Waals surface area contributed by atoms with Crippen molar-refractivity contribution in [3.05, 3.63) is 34.2 Å². The molecule has 0 aromatic carbocycles. The van der Waals surface area contributed by atoms with Crippen molar-refractivity contribution < 1.29 is 13.9 Å². The Morgan fingerprint density at radius 1 is 1.36 bits per heavy atom. The number of hydrogen-bond donors (Lipinski definition) is 0. The van der Waals surface area contributed by atoms with E-state index in [0.717, 1.165) is 0 Å². The molecule has 25 heavy (non-hydrogen) atoms. The lowest BCUT2D eigenvalue weighted by molar-refractivity contribution is -0.0816. The number of carbonyl (C=O) groups is 1. The molecule has 4 heterocycles. The van der Waals surface area contributed by atoms with Crippen LogP contribution in [0.25, 0.3) is 0 Å². The second kappa shape index (κ2) is 5.55. The third-order valence-corrected chi connectivity index (χ3v) is 4.96. The lowest BCUT2D eigenvalue weighted by Gasteiger charge is -2.33. The zero-order chi connectivity index (χ0) is 17.8. The van der Waals surface area contributed by atoms with Gasteiger partial charge in [-0.1, -0.05) is 13.8 Å². The van der Waals surface area contributed by atoms with Crippen LogP contribution in [-0.4, -0.2) is 48.8 Å². The molecule has 2 aromatic rings. The van der Waals surface area contributed by atoms with Gasteiger partial charge in [-0.25, -0.2) is 14.5 Å². The second-order valence-electron chi connectivity index (χ2n) is 7.08. The Morgan fingerprint density at radius 3 is 2.92 bits per heavy atom. The third kappa shape index (κ3) is 2.50. The predicted molar refractivity (Wildman–Crippen MR) is 86.1 cm³/mol. The lowest BCUT2D eigenvalue weighted by atomic mass is 10.0. The number of rotatable bonds is 2. The molecule has 1 saturated heterocycles. The highest BCUT2D eigenvalue weighted by Crippen LogP contribution is 2.32. The van der Waals surface area contributed by atoms with Crippen molar-refractivity contribution in [1.82, 2.24) is 24.2 Å². The summed E-state index contributed by atoms with van der Waals surface area (Å²) in [7, 11) is 1.63. The van der Waals surface area contributed by atoms with Crippen LogP contribution in [0.1, 0.15) is 48.3 Å². The van der Waals surface area contributed by atoms with Gasteiger partial charge in [0, 0.05) is 19.5 Å². The standard InChI is InChI=1S/C16H21N5O4/c1-10(2)13-12(17-9-24-13)14(22)20-5-4-16(7-20)8-21-11(6-25-16)18-19(3)15(21)23/h9-10H,4-8H2,1-3H3. The third-order valence-electron chi connectivity index (χ3n) is 4.96. The van der Waals surface area contributed by atoms with Gasteiger partial charge in [-0.05, 0) is 6.42 Å². The average Bonchev–Trinajstić information content (AvgIpc) is 3.28. The van der Waals surface area contributed by atoms with Crippen LogP contribution in [-0.2, 0) is 24.9 Å². The van der Waals surface area contributed by atoms with Gasteiger partial charge in [0.1, 0.15) is 18.0 Å². The van der Waals surface area contributed by atoms with Crippen LogP contribution in [0.5, 0.6) is 0 Å². The van der Waals surface area contributed by atoms with Crippen molar-refractivity contribution in [3.8, 4) is 0 Å². The fourth-order valence-corrected chi connectivity index (χ4v) is 3.61. The smallest absolute Gasteiger partial charge is 0.345 e. The molecule has 0 saturated carbocycles. The van der Waals surface area contributed by atoms with E-state index in [9.17, 15) is 9.59 Å². The van der Waals surface area contributed by atoms with Gasteiger partial charge >= 0.3 is 5.69 Å². The van der Waals surface area contributed by atoms with Crippen molar-refractivity contribution in [3.63, 3.8) is 0 Å². The maximum absolute atomic E-state index is 12.8. The molecular formula is C16H21N5O4. The fraction of sp³-hybridized carbons (Fsp3) is 0.625. The molecule has 2 aromatic heterocycles. The first-order chi connectivity index (χ1) is 11.9. The van der Waals surface area contributed by atoms with E-state index >= 15 is 0 Å². The van der Waals surface area contributed by atoms with E-state index in [4.69, 9.17) is 9.15 Å². The molecule has 1 unspecified atom stereocenters. The SMILES string of the molecule is CC(C)c1ocnc1C(=O)N1CCC2(C1)Cn1c(nn(C)c1=O)CO2. The normalized spacial score (nSPS) is 22.8. The van der Waals surface area contributed by atoms with Gasteiger partial charge in [-0.15, -0.1) is 0 Å². The Morgan fingerprint density at radius 2 is 2.16 bits per heavy atom. The number of fused-ring (bicyclic) bond motifs is 1. The van der Waals surface area contributed by atoms with Gasteiger partial charge in [-0.2, -0.15) is 5.10 Å². The number of carbonyl (C=O) groups excluding carboxylic acids is 1. The number of likely N-dealkylation sites (tertiary alicyclic amines) is 1. The number of aryl methyl sites for hydroxylation is 1. The predicted octanol–water partition coefficient (Wildman–Crippen LogP) is 0.508. The Balaban J connectivity index is 1.55. The van der Waals surface area contributed by atoms with E-state index < -0.39 is 5.60 Å². The highest BCUT2D eigenvalue weighted by molar-refractivity contribution is 5.93. The molecule has 2 aliphatic heterocycles. The van der Waals surface area contributed by atoms with Gasteiger partial charge in [-0.3, -0.25) is 9.36 Å². The number of amides is 1. The summed E-state index contributed by atoms with van der Waals surface area (Å²) in [6.07, 6.45) is 1.99. The molecule has 0 radical (unpaired) electrons. The summed E-state index contributed by atoms with van der Waals surface area (Å²) in [4.78, 5) is 30.9. The largest absolute Gasteiger partial charge is 0.447 e. The van der Waals surface area contributed by atoms with Crippen LogP contribution in [0.15, 0.2) is 15.6 Å². The molecule has 1 atom stereocenters. The monoisotopic (exact) mass is 347 g/mol. The maximum atomic E-state index is 12.8. The number of aromatic nitrogens is 4. The zero-order valence-electron chi connectivity index (χ0n) is 14.6. The molecule has 0 aliphatic carbocycles. The number of oxazole rings is 1. The summed E-state index contributed by atoms with van der Waals surface area (Å²) >= 11 is 0. The van der Waals surface area contributed by atoms with E-state index in [2.05, 4.69) is 10.1 Å². The van der Waals surface area contributed by atoms with Crippen molar-refractivity contribution in [2.75, 3.05) is 13.1 Å². The summed E-state index contributed by atoms with van der Waals surface area (Å²) in [5, 5.41) is 4.17. The van der Waals surface area contributed by atoms with E-state index in [1.54, 1.807) is 16.5 Å². The van der Waals surface area contributed by atoms with E-state index in [1.165, 1.54) is 11.1 Å². The van der Waals surface area contributed by atoms with E-state index in [1.807, 2.05) is 13.8 Å². The van der Waals surface area contributed by atoms with Crippen LogP contribution < -0.4 is 5.69 Å². The summed E-state index contributed by atoms with van der Waals surface area (Å²) in [5.41, 5.74) is -0.333. The van der Waals surface area contributed by atoms with Gasteiger partial charge in [0.15, 0.2) is 17.9 Å². The molecule has 4 rings (SSSR count). The molecule has 134 valence electrons. The molecular weight excluding hydrogens is 326 g/mol. The molecule has 1 amide bonds. The average molecular weight is 347 g/mol. The molecule has 2 aliphatic rings. The number of hydrogen-bond acceptors (Lipinski definition) is 6. The molecule has 0 bridgehead atoms. The summed E-state index contributed by atoms with van der Waals surface area (Å²) in [6.45, 7) is 5.60. The number of nitrogens with zero attached hydrogens (tertiary/aromatic N) is 5. The summed E-state index contributed by atoms with van der Waals surface area (Å²) < 4.78 is 14.4. The summed E-state index contributed by atoms with van der Waals surface area (Å²) in [5.74, 6) is 1.16. The number of ether oxygens (including phenoxy) is 1. The highest BCUT2D eigenvalue weighted by Gasteiger charge is 2.45. The van der Waals surface area contributed by atoms with Crippen molar-refractivity contribution in [1.29, 1.82) is 0 Å². The molecule has 0 N–H and O–H groups in total. The maximum Gasteiger partial charge on any atom is 0.345 e. The Hall–Kier alpha value is -2.42. The van der Waals surface area contributed by atoms with E-state index in [0.29, 0.717) is 43.3 Å². The highest BCUT2D eigenvalue weighted by atomic mass is 16.5. The Labute approximate surface area is 144 Å². The first-order valence-corrected chi connectivity index (χ1v) is 8.39. The minimum atomic E-state index is -0.544. The lowest BCUT2D eigenvalue weighted by Crippen LogP contribution is -2.47. The van der Waals surface area contributed by atoms with Crippen LogP contribution in [0.2, 0.25) is 0 Å². The Bertz CT molecular complexity index is 879. The topological polar surface area (TPSA) is 95.4 Å².